The Labute approximate surface area is 164 Å². The van der Waals surface area contributed by atoms with E-state index in [-0.39, 0.29) is 18.5 Å². The number of rotatable bonds is 8. The SMILES string of the molecule is CSc1ccc([C@@H](C)NC(=O)/C=C/c2ccc(CN(C)S(C)(=O)=O)o2)cc1. The highest BCUT2D eigenvalue weighted by Gasteiger charge is 2.13. The maximum absolute atomic E-state index is 12.1. The van der Waals surface area contributed by atoms with Crippen LogP contribution in [-0.4, -0.2) is 38.2 Å². The first-order valence-corrected chi connectivity index (χ1v) is 11.4. The molecule has 0 unspecified atom stereocenters. The molecule has 2 aromatic rings. The lowest BCUT2D eigenvalue weighted by Crippen LogP contribution is -2.24. The lowest BCUT2D eigenvalue weighted by Gasteiger charge is -2.13. The minimum absolute atomic E-state index is 0.117. The molecule has 0 aliphatic rings. The number of carbonyl (C=O) groups excluding carboxylic acids is 1. The van der Waals surface area contributed by atoms with Gasteiger partial charge in [-0.05, 0) is 49.1 Å². The lowest BCUT2D eigenvalue weighted by molar-refractivity contribution is -0.117. The highest BCUT2D eigenvalue weighted by atomic mass is 32.2. The van der Waals surface area contributed by atoms with E-state index in [0.29, 0.717) is 11.5 Å². The van der Waals surface area contributed by atoms with Gasteiger partial charge >= 0.3 is 0 Å². The highest BCUT2D eigenvalue weighted by Crippen LogP contribution is 2.19. The van der Waals surface area contributed by atoms with Gasteiger partial charge in [0.1, 0.15) is 11.5 Å². The van der Waals surface area contributed by atoms with Crippen molar-refractivity contribution in [1.82, 2.24) is 9.62 Å². The van der Waals surface area contributed by atoms with Crippen molar-refractivity contribution in [2.24, 2.45) is 0 Å². The Morgan fingerprint density at radius 3 is 2.52 bits per heavy atom. The fraction of sp³-hybridized carbons (Fsp3) is 0.316. The van der Waals surface area contributed by atoms with Crippen LogP contribution in [0, 0.1) is 0 Å². The van der Waals surface area contributed by atoms with Crippen molar-refractivity contribution < 1.29 is 17.6 Å². The van der Waals surface area contributed by atoms with Gasteiger partial charge in [-0.1, -0.05) is 12.1 Å². The van der Waals surface area contributed by atoms with E-state index < -0.39 is 10.0 Å². The number of furan rings is 1. The number of hydrogen-bond donors (Lipinski definition) is 1. The molecule has 6 nitrogen and oxygen atoms in total. The zero-order valence-electron chi connectivity index (χ0n) is 15.8. The summed E-state index contributed by atoms with van der Waals surface area (Å²) in [6.45, 7) is 2.06. The third-order valence-corrected chi connectivity index (χ3v) is 6.01. The predicted octanol–water partition coefficient (Wildman–Crippen LogP) is 3.28. The van der Waals surface area contributed by atoms with Crippen LogP contribution in [0.15, 0.2) is 51.8 Å². The number of nitrogens with zero attached hydrogens (tertiary/aromatic N) is 1. The van der Waals surface area contributed by atoms with E-state index >= 15 is 0 Å². The largest absolute Gasteiger partial charge is 0.460 e. The van der Waals surface area contributed by atoms with Crippen LogP contribution in [0.25, 0.3) is 6.08 Å². The second-order valence-corrected chi connectivity index (χ2v) is 9.13. The van der Waals surface area contributed by atoms with E-state index in [1.54, 1.807) is 30.0 Å². The third kappa shape index (κ3) is 6.57. The Morgan fingerprint density at radius 2 is 1.93 bits per heavy atom. The first-order chi connectivity index (χ1) is 12.7. The molecule has 0 saturated heterocycles. The van der Waals surface area contributed by atoms with E-state index in [2.05, 4.69) is 5.32 Å². The molecular weight excluding hydrogens is 384 g/mol. The van der Waals surface area contributed by atoms with Gasteiger partial charge in [-0.25, -0.2) is 8.42 Å². The molecule has 1 N–H and O–H groups in total. The maximum atomic E-state index is 12.1. The van der Waals surface area contributed by atoms with E-state index in [1.807, 2.05) is 37.4 Å². The van der Waals surface area contributed by atoms with Crippen LogP contribution in [0.5, 0.6) is 0 Å². The van der Waals surface area contributed by atoms with E-state index in [1.165, 1.54) is 22.3 Å². The number of hydrogen-bond acceptors (Lipinski definition) is 5. The molecule has 0 aliphatic carbocycles. The van der Waals surface area contributed by atoms with Crippen molar-refractivity contribution in [3.8, 4) is 0 Å². The summed E-state index contributed by atoms with van der Waals surface area (Å²) in [6, 6.07) is 11.3. The van der Waals surface area contributed by atoms with Gasteiger partial charge in [0.15, 0.2) is 0 Å². The minimum atomic E-state index is -3.27. The monoisotopic (exact) mass is 408 g/mol. The molecule has 0 aliphatic heterocycles. The van der Waals surface area contributed by atoms with Gasteiger partial charge < -0.3 is 9.73 Å². The predicted molar refractivity (Wildman–Crippen MR) is 109 cm³/mol. The molecule has 1 aromatic carbocycles. The van der Waals surface area contributed by atoms with Gasteiger partial charge in [0, 0.05) is 18.0 Å². The van der Waals surface area contributed by atoms with E-state index in [4.69, 9.17) is 4.42 Å². The molecule has 1 aromatic heterocycles. The summed E-state index contributed by atoms with van der Waals surface area (Å²) in [7, 11) is -1.79. The Morgan fingerprint density at radius 1 is 1.26 bits per heavy atom. The van der Waals surface area contributed by atoms with Crippen molar-refractivity contribution in [2.45, 2.75) is 24.4 Å². The van der Waals surface area contributed by atoms with Gasteiger partial charge in [0.05, 0.1) is 18.8 Å². The molecule has 8 heteroatoms. The second-order valence-electron chi connectivity index (χ2n) is 6.16. The van der Waals surface area contributed by atoms with Crippen LogP contribution >= 0.6 is 11.8 Å². The van der Waals surface area contributed by atoms with Gasteiger partial charge in [-0.2, -0.15) is 4.31 Å². The van der Waals surface area contributed by atoms with E-state index in [0.717, 1.165) is 11.8 Å². The third-order valence-electron chi connectivity index (χ3n) is 4.00. The second kappa shape index (κ2) is 9.25. The topological polar surface area (TPSA) is 79.6 Å². The number of benzene rings is 1. The summed E-state index contributed by atoms with van der Waals surface area (Å²) in [6.07, 6.45) is 6.11. The molecule has 27 heavy (non-hydrogen) atoms. The van der Waals surface area contributed by atoms with Crippen LogP contribution in [-0.2, 0) is 21.4 Å². The number of carbonyl (C=O) groups is 1. The average molecular weight is 409 g/mol. The summed E-state index contributed by atoms with van der Waals surface area (Å²) < 4.78 is 29.6. The minimum Gasteiger partial charge on any atom is -0.460 e. The number of nitrogens with one attached hydrogen (secondary N) is 1. The summed E-state index contributed by atoms with van der Waals surface area (Å²) in [4.78, 5) is 13.3. The van der Waals surface area contributed by atoms with Crippen LogP contribution in [0.3, 0.4) is 0 Å². The van der Waals surface area contributed by atoms with Gasteiger partial charge in [0.2, 0.25) is 15.9 Å². The molecule has 0 radical (unpaired) electrons. The first-order valence-electron chi connectivity index (χ1n) is 8.31. The fourth-order valence-electron chi connectivity index (χ4n) is 2.30. The lowest BCUT2D eigenvalue weighted by atomic mass is 10.1. The Kier molecular flexibility index (Phi) is 7.29. The number of amides is 1. The Hall–Kier alpha value is -2.03. The molecule has 0 bridgehead atoms. The normalized spacial score (nSPS) is 13.2. The number of sulfonamides is 1. The van der Waals surface area contributed by atoms with Crippen molar-refractivity contribution in [2.75, 3.05) is 19.6 Å². The van der Waals surface area contributed by atoms with Crippen LogP contribution in [0.2, 0.25) is 0 Å². The van der Waals surface area contributed by atoms with Crippen molar-refractivity contribution in [3.05, 3.63) is 59.6 Å². The average Bonchev–Trinajstić information content (AvgIpc) is 3.06. The highest BCUT2D eigenvalue weighted by molar-refractivity contribution is 7.98. The van der Waals surface area contributed by atoms with Gasteiger partial charge in [-0.15, -0.1) is 11.8 Å². The van der Waals surface area contributed by atoms with Crippen LogP contribution in [0.1, 0.15) is 30.0 Å². The van der Waals surface area contributed by atoms with Crippen LogP contribution in [0.4, 0.5) is 0 Å². The van der Waals surface area contributed by atoms with Gasteiger partial charge in [0.25, 0.3) is 0 Å². The first kappa shape index (κ1) is 21.3. The quantitative estimate of drug-likeness (QED) is 0.536. The summed E-state index contributed by atoms with van der Waals surface area (Å²) in [5.41, 5.74) is 1.03. The summed E-state index contributed by atoms with van der Waals surface area (Å²) >= 11 is 1.67. The molecule has 0 fully saturated rings. The Balaban J connectivity index is 1.92. The summed E-state index contributed by atoms with van der Waals surface area (Å²) in [5, 5.41) is 2.90. The molecule has 1 amide bonds. The standard InChI is InChI=1S/C19H24N2O4S2/c1-14(15-5-10-18(26-3)11-6-15)20-19(22)12-9-16-7-8-17(25-16)13-21(2)27(4,23)24/h5-12,14H,13H2,1-4H3,(H,20,22)/b12-9+/t14-/m1/s1. The molecular formula is C19H24N2O4S2. The molecule has 2 rings (SSSR count). The molecule has 1 heterocycles. The van der Waals surface area contributed by atoms with Crippen molar-refractivity contribution in [3.63, 3.8) is 0 Å². The molecule has 0 saturated carbocycles. The van der Waals surface area contributed by atoms with E-state index in [9.17, 15) is 13.2 Å². The molecule has 1 atom stereocenters. The smallest absolute Gasteiger partial charge is 0.244 e. The van der Waals surface area contributed by atoms with Crippen molar-refractivity contribution >= 4 is 33.8 Å². The Bertz CT molecular complexity index is 902. The zero-order valence-corrected chi connectivity index (χ0v) is 17.4. The summed E-state index contributed by atoms with van der Waals surface area (Å²) in [5.74, 6) is 0.756. The van der Waals surface area contributed by atoms with Gasteiger partial charge in [-0.3, -0.25) is 4.79 Å². The number of thioether (sulfide) groups is 1. The zero-order chi connectivity index (χ0) is 20.0. The molecule has 0 spiro atoms. The maximum Gasteiger partial charge on any atom is 0.244 e. The van der Waals surface area contributed by atoms with Crippen molar-refractivity contribution in [1.29, 1.82) is 0 Å². The van der Waals surface area contributed by atoms with Crippen LogP contribution < -0.4 is 5.32 Å². The molecule has 146 valence electrons. The fourth-order valence-corrected chi connectivity index (χ4v) is 3.07.